The molecule has 4 N–H and O–H groups in total. The molecule has 5 saturated heterocycles. The van der Waals surface area contributed by atoms with Crippen LogP contribution in [0.25, 0.3) is 75.2 Å². The van der Waals surface area contributed by atoms with E-state index >= 15 is 0 Å². The number of H-pyrrole nitrogens is 2. The molecule has 610 valence electrons. The van der Waals surface area contributed by atoms with Crippen molar-refractivity contribution < 1.29 is 52.5 Å². The lowest BCUT2D eigenvalue weighted by Crippen LogP contribution is -2.50. The molecule has 0 bridgehead atoms. The summed E-state index contributed by atoms with van der Waals surface area (Å²) in [6.45, 7) is 23.6. The molecule has 5 amide bonds. The molecule has 0 radical (unpaired) electrons. The number of benzene rings is 3. The van der Waals surface area contributed by atoms with Crippen LogP contribution in [0.15, 0.2) is 127 Å². The fraction of sp³-hybridized carbons (Fsp3) is 0.386. The maximum Gasteiger partial charge on any atom is 0.264 e. The molecule has 0 atom stereocenters. The number of Topliss-reactive ketones (excluding diaryl/α,β-unsaturated/α-hetero) is 1. The summed E-state index contributed by atoms with van der Waals surface area (Å²) in [5, 5.41) is 22.2. The first-order valence-corrected chi connectivity index (χ1v) is 41.9. The van der Waals surface area contributed by atoms with E-state index < -0.39 is 0 Å². The quantitative estimate of drug-likeness (QED) is 0.0322. The predicted octanol–water partition coefficient (Wildman–Crippen LogP) is 10.6. The largest absolute Gasteiger partial charge is 0.381 e. The van der Waals surface area contributed by atoms with Gasteiger partial charge in [-0.15, -0.1) is 34.0 Å². The van der Waals surface area contributed by atoms with Crippen LogP contribution >= 0.6 is 45.6 Å². The molecule has 5 aliphatic heterocycles. The molecule has 5 aliphatic rings. The first-order valence-electron chi connectivity index (χ1n) is 39.1. The third-order valence-corrected chi connectivity index (χ3v) is 24.1. The van der Waals surface area contributed by atoms with Crippen LogP contribution in [0, 0.1) is 0 Å². The van der Waals surface area contributed by atoms with Gasteiger partial charge in [0.15, 0.2) is 40.7 Å². The molecular weight excluding hydrogens is 1570 g/mol. The zero-order chi connectivity index (χ0) is 81.5. The van der Waals surface area contributed by atoms with E-state index in [0.29, 0.717) is 150 Å². The van der Waals surface area contributed by atoms with Crippen molar-refractivity contribution in [1.82, 2.24) is 75.2 Å². The monoisotopic (exact) mass is 1660 g/mol. The summed E-state index contributed by atoms with van der Waals surface area (Å²) in [7, 11) is 1.59. The highest BCUT2D eigenvalue weighted by atomic mass is 35.5. The molecule has 0 saturated carbocycles. The van der Waals surface area contributed by atoms with Gasteiger partial charge in [-0.05, 0) is 105 Å². The van der Waals surface area contributed by atoms with E-state index in [-0.39, 0.29) is 72.1 Å². The van der Waals surface area contributed by atoms with Crippen LogP contribution in [0.2, 0.25) is 5.28 Å². The van der Waals surface area contributed by atoms with Crippen molar-refractivity contribution >= 4 is 162 Å². The number of aromatic amines is 2. The zero-order valence-corrected chi connectivity index (χ0v) is 68.9. The number of amides is 5. The first kappa shape index (κ1) is 82.6. The van der Waals surface area contributed by atoms with Crippen molar-refractivity contribution in [3.05, 3.63) is 153 Å². The van der Waals surface area contributed by atoms with E-state index in [1.807, 2.05) is 91.7 Å². The molecule has 11 aromatic rings. The highest BCUT2D eigenvalue weighted by Crippen LogP contribution is 2.40. The maximum atomic E-state index is 13.6. The highest BCUT2D eigenvalue weighted by Gasteiger charge is 2.31. The summed E-state index contributed by atoms with van der Waals surface area (Å²) < 4.78 is 24.4. The molecule has 34 heteroatoms. The van der Waals surface area contributed by atoms with Gasteiger partial charge in [-0.3, -0.25) is 48.7 Å². The summed E-state index contributed by atoms with van der Waals surface area (Å²) in [5.74, 6) is 3.25. The zero-order valence-electron chi connectivity index (χ0n) is 65.7. The number of ketones is 2. The van der Waals surface area contributed by atoms with Crippen LogP contribution in [0.3, 0.4) is 0 Å². The Labute approximate surface area is 692 Å². The number of thiophene rings is 3. The molecule has 0 unspecified atom stereocenters. The average Bonchev–Trinajstić information content (AvgIpc) is 1.66. The van der Waals surface area contributed by atoms with Crippen molar-refractivity contribution in [3.63, 3.8) is 0 Å². The Balaban J connectivity index is 0.000000146. The van der Waals surface area contributed by atoms with Gasteiger partial charge in [0.05, 0.1) is 110 Å². The Kier molecular flexibility index (Phi) is 27.5. The Morgan fingerprint density at radius 1 is 0.573 bits per heavy atom. The number of aromatic nitrogens is 10. The number of anilines is 4. The summed E-state index contributed by atoms with van der Waals surface area (Å²) in [5.41, 5.74) is 9.35. The van der Waals surface area contributed by atoms with Crippen molar-refractivity contribution in [2.75, 3.05) is 172 Å². The second kappa shape index (κ2) is 38.9. The van der Waals surface area contributed by atoms with Gasteiger partial charge in [0.1, 0.15) is 0 Å². The maximum absolute atomic E-state index is 13.6. The molecular formula is C83H92ClN19O11S3. The van der Waals surface area contributed by atoms with E-state index in [9.17, 15) is 33.6 Å². The van der Waals surface area contributed by atoms with E-state index in [0.717, 1.165) is 132 Å². The summed E-state index contributed by atoms with van der Waals surface area (Å²) in [6.07, 6.45) is 9.69. The summed E-state index contributed by atoms with van der Waals surface area (Å²) in [4.78, 5) is 133. The second-order valence-corrected chi connectivity index (χ2v) is 32.5. The smallest absolute Gasteiger partial charge is 0.264 e. The first-order chi connectivity index (χ1) is 56.9. The van der Waals surface area contributed by atoms with Crippen LogP contribution in [0.4, 0.5) is 23.1 Å². The van der Waals surface area contributed by atoms with Gasteiger partial charge in [-0.2, -0.15) is 15.2 Å². The minimum absolute atomic E-state index is 0.00190. The number of halogens is 1. The lowest BCUT2D eigenvalue weighted by Gasteiger charge is -2.34. The number of fused-ring (bicyclic) bond motifs is 5. The Morgan fingerprint density at radius 3 is 1.63 bits per heavy atom. The summed E-state index contributed by atoms with van der Waals surface area (Å²) >= 11 is 10.6. The topological polar surface area (TPSA) is 338 Å². The third kappa shape index (κ3) is 20.6. The third-order valence-electron chi connectivity index (χ3n) is 20.6. The lowest BCUT2D eigenvalue weighted by molar-refractivity contribution is -0.134. The number of rotatable bonds is 24. The van der Waals surface area contributed by atoms with Crippen molar-refractivity contribution in [2.45, 2.75) is 59.4 Å². The number of carbonyl (C=O) groups is 7. The number of nitrogens with one attached hydrogen (secondary N) is 4. The fourth-order valence-corrected chi connectivity index (χ4v) is 17.8. The predicted molar refractivity (Wildman–Crippen MR) is 456 cm³/mol. The molecule has 0 aliphatic carbocycles. The van der Waals surface area contributed by atoms with Crippen LogP contribution < -0.4 is 25.3 Å². The minimum Gasteiger partial charge on any atom is -0.381 e. The second-order valence-electron chi connectivity index (χ2n) is 28.9. The Bertz CT molecular complexity index is 5510. The van der Waals surface area contributed by atoms with Gasteiger partial charge in [-0.25, -0.2) is 24.9 Å². The van der Waals surface area contributed by atoms with Crippen LogP contribution in [0.5, 0.6) is 0 Å². The van der Waals surface area contributed by atoms with Crippen LogP contribution in [-0.2, 0) is 55.9 Å². The van der Waals surface area contributed by atoms with Gasteiger partial charge < -0.3 is 59.0 Å². The summed E-state index contributed by atoms with van der Waals surface area (Å²) in [6, 6.07) is 25.2. The molecule has 0 spiro atoms. The van der Waals surface area contributed by atoms with Gasteiger partial charge in [0.25, 0.3) is 11.8 Å². The van der Waals surface area contributed by atoms with E-state index in [1.165, 1.54) is 33.6 Å². The number of carbonyl (C=O) groups excluding carboxylic acids is 7. The number of piperazine rings is 2. The van der Waals surface area contributed by atoms with Crippen molar-refractivity contribution in [2.24, 2.45) is 0 Å². The number of morpholine rings is 3. The average molecular weight is 1660 g/mol. The molecule has 3 aromatic carbocycles. The standard InChI is InChI=1S/C31H37N7O4S.C30H33N7O4S.C22H22ClN5O3S/c1-21(8-15-41-2)27(39)6-7-28(40)37-11-9-36(10-12-37)20-22-18-26-29(43-22)31(38-13-16-42-17-14-38)34-30(33-26)23-4-3-5-25-24(23)19-32-35-25;1-19(2)16-20(38)6-7-26(39)35-8-10-37(11-9-35)30(40)25-17-24-27(42-25)29(36-12-14-41-15-13-36)33-28(32-24)21-4-3-5-23-22(21)18-31-34-23;1-2-18(29)25-15-5-3-14(4-6-15)7-8-24-21(30)17-13-16-19(32-17)20(27-22(23)26-16)28-9-11-31-12-10-28/h3-5,8,18-19H,6-7,9-17,20H2,1-2H3,(H,32,35);3-5,16-18H,6-15H2,1-2H3,(H,31,34);2-6,13H,1,7-12H2,(H,24,30)(H,25,29)/b21-8+;;. The molecule has 5 fully saturated rings. The number of methoxy groups -OCH3 is 1. The molecule has 13 heterocycles. The van der Waals surface area contributed by atoms with Gasteiger partial charge in [-0.1, -0.05) is 54.6 Å². The van der Waals surface area contributed by atoms with E-state index in [2.05, 4.69) is 73.2 Å². The normalized spacial score (nSPS) is 15.6. The fourth-order valence-electron chi connectivity index (χ4n) is 14.3. The Morgan fingerprint density at radius 2 is 1.08 bits per heavy atom. The minimum atomic E-state index is -0.254. The van der Waals surface area contributed by atoms with Gasteiger partial charge >= 0.3 is 0 Å². The number of hydrogen-bond donors (Lipinski definition) is 4. The van der Waals surface area contributed by atoms with Crippen molar-refractivity contribution in [1.29, 1.82) is 0 Å². The van der Waals surface area contributed by atoms with E-state index in [1.54, 1.807) is 59.6 Å². The number of ether oxygens (including phenoxy) is 4. The molecule has 30 nitrogen and oxygen atoms in total. The number of nitrogens with zero attached hydrogens (tertiary/aromatic N) is 15. The van der Waals surface area contributed by atoms with Gasteiger partial charge in [0, 0.05) is 170 Å². The van der Waals surface area contributed by atoms with E-state index in [4.69, 9.17) is 50.5 Å². The SMILES string of the molecule is C=CC(=O)Nc1ccc(CCNC(=O)c2cc3nc(Cl)nc(N4CCOCC4)c3s2)cc1.CC(C)=CC(=O)CCC(=O)N1CCN(C(=O)c2cc3nc(-c4cccc5[nH]ncc45)nc(N4CCOCC4)c3s2)CC1.COC/C=C(\C)C(=O)CCC(=O)N1CCN(Cc2cc3nc(-c4cccc5[nH]ncc45)nc(N4CCOCC4)c3s2)CC1. The molecule has 8 aromatic heterocycles. The highest BCUT2D eigenvalue weighted by molar-refractivity contribution is 7.22. The lowest BCUT2D eigenvalue weighted by atomic mass is 10.1. The van der Waals surface area contributed by atoms with Gasteiger partial charge in [0.2, 0.25) is 23.0 Å². The number of hydrogen-bond acceptors (Lipinski definition) is 26. The van der Waals surface area contributed by atoms with Crippen molar-refractivity contribution in [3.8, 4) is 22.8 Å². The molecule has 117 heavy (non-hydrogen) atoms. The molecule has 16 rings (SSSR count). The number of allylic oxidation sites excluding steroid dienone is 3. The Hall–Kier alpha value is -10.9. The van der Waals surface area contributed by atoms with Crippen LogP contribution in [0.1, 0.15) is 76.2 Å². The van der Waals surface area contributed by atoms with Crippen LogP contribution in [-0.4, -0.2) is 263 Å².